The first-order chi connectivity index (χ1) is 14.8. The molecule has 0 bridgehead atoms. The van der Waals surface area contributed by atoms with Gasteiger partial charge in [0.15, 0.2) is 0 Å². The summed E-state index contributed by atoms with van der Waals surface area (Å²) < 4.78 is 6.36. The second-order valence-electron chi connectivity index (χ2n) is 7.67. The Balaban J connectivity index is 2.09. The van der Waals surface area contributed by atoms with Gasteiger partial charge < -0.3 is 19.6 Å². The van der Waals surface area contributed by atoms with E-state index in [4.69, 9.17) is 4.74 Å². The van der Waals surface area contributed by atoms with Crippen LogP contribution in [0.25, 0.3) is 5.76 Å². The molecule has 2 aromatic rings. The number of ether oxygens (including phenoxy) is 1. The molecule has 2 aromatic carbocycles. The van der Waals surface area contributed by atoms with Crippen LogP contribution in [0.3, 0.4) is 0 Å². The summed E-state index contributed by atoms with van der Waals surface area (Å²) in [6.07, 6.45) is 0.713. The summed E-state index contributed by atoms with van der Waals surface area (Å²) in [5.74, 6) is -0.869. The minimum atomic E-state index is -0.672. The number of hydrogen-bond donors (Lipinski definition) is 1. The highest BCUT2D eigenvalue weighted by Crippen LogP contribution is 2.40. The number of hydrogen-bond acceptors (Lipinski definition) is 5. The summed E-state index contributed by atoms with van der Waals surface area (Å²) in [7, 11) is 3.93. The maximum atomic E-state index is 13.0. The van der Waals surface area contributed by atoms with Crippen LogP contribution in [0.15, 0.2) is 58.6 Å². The zero-order valence-electron chi connectivity index (χ0n) is 18.0. The fourth-order valence-corrected chi connectivity index (χ4v) is 4.16. The third-order valence-corrected chi connectivity index (χ3v) is 5.62. The highest BCUT2D eigenvalue weighted by atomic mass is 79.9. The lowest BCUT2D eigenvalue weighted by Gasteiger charge is -2.26. The minimum absolute atomic E-state index is 0.0987. The van der Waals surface area contributed by atoms with Gasteiger partial charge in [-0.25, -0.2) is 0 Å². The van der Waals surface area contributed by atoms with E-state index in [2.05, 4.69) is 15.9 Å². The molecule has 6 nitrogen and oxygen atoms in total. The zero-order chi connectivity index (χ0) is 22.5. The number of aliphatic hydroxyl groups is 1. The van der Waals surface area contributed by atoms with E-state index in [-0.39, 0.29) is 11.3 Å². The average Bonchev–Trinajstić information content (AvgIpc) is 2.98. The van der Waals surface area contributed by atoms with Crippen molar-refractivity contribution in [3.63, 3.8) is 0 Å². The van der Waals surface area contributed by atoms with E-state index in [1.54, 1.807) is 29.2 Å². The Morgan fingerprint density at radius 3 is 2.58 bits per heavy atom. The summed E-state index contributed by atoms with van der Waals surface area (Å²) in [4.78, 5) is 29.6. The second kappa shape index (κ2) is 10.1. The van der Waals surface area contributed by atoms with Crippen molar-refractivity contribution in [2.45, 2.75) is 19.4 Å². The van der Waals surface area contributed by atoms with Crippen molar-refractivity contribution < 1.29 is 19.4 Å². The molecule has 1 saturated heterocycles. The molecule has 31 heavy (non-hydrogen) atoms. The largest absolute Gasteiger partial charge is 0.507 e. The van der Waals surface area contributed by atoms with Gasteiger partial charge in [0.1, 0.15) is 11.5 Å². The first-order valence-corrected chi connectivity index (χ1v) is 11.0. The maximum Gasteiger partial charge on any atom is 0.295 e. The first kappa shape index (κ1) is 23.0. The quantitative estimate of drug-likeness (QED) is 0.343. The monoisotopic (exact) mass is 486 g/mol. The maximum absolute atomic E-state index is 13.0. The molecule has 0 saturated carbocycles. The van der Waals surface area contributed by atoms with E-state index >= 15 is 0 Å². The van der Waals surface area contributed by atoms with E-state index in [9.17, 15) is 14.7 Å². The van der Waals surface area contributed by atoms with Crippen LogP contribution in [0.1, 0.15) is 30.5 Å². The molecule has 0 aromatic heterocycles. The van der Waals surface area contributed by atoms with Gasteiger partial charge in [0.05, 0.1) is 18.2 Å². The number of carbonyl (C=O) groups excluding carboxylic acids is 2. The standard InChI is InChI=1S/C24H27BrN2O4/c1-4-31-19-11-6-9-17(15-19)22(28)20-21(16-8-5-10-18(25)14-16)27(24(30)23(20)29)13-7-12-26(2)3/h5-6,8-11,14-15,21,28H,4,7,12-13H2,1-3H3. The molecule has 1 atom stereocenters. The molecule has 1 amide bonds. The predicted molar refractivity (Wildman–Crippen MR) is 124 cm³/mol. The van der Waals surface area contributed by atoms with E-state index in [1.807, 2.05) is 50.2 Å². The smallest absolute Gasteiger partial charge is 0.295 e. The highest BCUT2D eigenvalue weighted by molar-refractivity contribution is 9.10. The summed E-state index contributed by atoms with van der Waals surface area (Å²) in [6, 6.07) is 13.7. The van der Waals surface area contributed by atoms with Crippen LogP contribution >= 0.6 is 15.9 Å². The van der Waals surface area contributed by atoms with Gasteiger partial charge in [0.25, 0.3) is 11.7 Å². The molecule has 164 valence electrons. The van der Waals surface area contributed by atoms with Gasteiger partial charge in [-0.2, -0.15) is 0 Å². The van der Waals surface area contributed by atoms with Crippen molar-refractivity contribution in [3.8, 4) is 5.75 Å². The molecule has 1 fully saturated rings. The molecule has 1 aliphatic heterocycles. The molecule has 3 rings (SSSR count). The number of halogens is 1. The van der Waals surface area contributed by atoms with E-state index in [0.29, 0.717) is 30.9 Å². The van der Waals surface area contributed by atoms with E-state index < -0.39 is 17.7 Å². The zero-order valence-corrected chi connectivity index (χ0v) is 19.6. The van der Waals surface area contributed by atoms with E-state index in [0.717, 1.165) is 16.6 Å². The first-order valence-electron chi connectivity index (χ1n) is 10.2. The topological polar surface area (TPSA) is 70.1 Å². The number of ketones is 1. The summed E-state index contributed by atoms with van der Waals surface area (Å²) in [5, 5.41) is 11.1. The number of aliphatic hydroxyl groups excluding tert-OH is 1. The average molecular weight is 487 g/mol. The Morgan fingerprint density at radius 1 is 1.16 bits per heavy atom. The molecule has 0 radical (unpaired) electrons. The van der Waals surface area contributed by atoms with Gasteiger partial charge in [0.2, 0.25) is 0 Å². The number of Topliss-reactive ketones (excluding diaryl/α,β-unsaturated/α-hetero) is 1. The normalized spacial score (nSPS) is 18.1. The van der Waals surface area contributed by atoms with Crippen LogP contribution in [0.5, 0.6) is 5.75 Å². The fourth-order valence-electron chi connectivity index (χ4n) is 3.75. The van der Waals surface area contributed by atoms with Gasteiger partial charge in [-0.05, 0) is 63.8 Å². The molecule has 1 aliphatic rings. The number of rotatable bonds is 8. The van der Waals surface area contributed by atoms with Crippen molar-refractivity contribution >= 4 is 33.4 Å². The second-order valence-corrected chi connectivity index (χ2v) is 8.58. The minimum Gasteiger partial charge on any atom is -0.507 e. The Kier molecular flexibility index (Phi) is 7.51. The summed E-state index contributed by atoms with van der Waals surface area (Å²) >= 11 is 3.47. The van der Waals surface area contributed by atoms with Gasteiger partial charge in [0, 0.05) is 16.6 Å². The molecular weight excluding hydrogens is 460 g/mol. The van der Waals surface area contributed by atoms with Crippen LogP contribution in [0.4, 0.5) is 0 Å². The molecule has 0 aliphatic carbocycles. The third kappa shape index (κ3) is 5.17. The lowest BCUT2D eigenvalue weighted by Crippen LogP contribution is -2.32. The molecule has 0 spiro atoms. The number of likely N-dealkylation sites (tertiary alicyclic amines) is 1. The van der Waals surface area contributed by atoms with Crippen LogP contribution in [0, 0.1) is 0 Å². The van der Waals surface area contributed by atoms with Crippen molar-refractivity contribution in [1.29, 1.82) is 0 Å². The lowest BCUT2D eigenvalue weighted by atomic mass is 9.95. The Bertz CT molecular complexity index is 1000. The number of nitrogens with zero attached hydrogens (tertiary/aromatic N) is 2. The van der Waals surface area contributed by atoms with Crippen LogP contribution < -0.4 is 4.74 Å². The van der Waals surface area contributed by atoms with Crippen molar-refractivity contribution in [3.05, 3.63) is 69.7 Å². The van der Waals surface area contributed by atoms with Crippen molar-refractivity contribution in [2.75, 3.05) is 33.8 Å². The van der Waals surface area contributed by atoms with Gasteiger partial charge in [-0.3, -0.25) is 9.59 Å². The van der Waals surface area contributed by atoms with Gasteiger partial charge >= 0.3 is 0 Å². The van der Waals surface area contributed by atoms with Crippen LogP contribution in [-0.4, -0.2) is 60.4 Å². The Hall–Kier alpha value is -2.64. The van der Waals surface area contributed by atoms with Crippen molar-refractivity contribution in [2.24, 2.45) is 0 Å². The fraction of sp³-hybridized carbons (Fsp3) is 0.333. The SMILES string of the molecule is CCOc1cccc(C(O)=C2C(=O)C(=O)N(CCCN(C)C)C2c2cccc(Br)c2)c1. The Labute approximate surface area is 191 Å². The number of amides is 1. The van der Waals surface area contributed by atoms with Crippen molar-refractivity contribution in [1.82, 2.24) is 9.80 Å². The molecule has 1 heterocycles. The van der Waals surface area contributed by atoms with E-state index in [1.165, 1.54) is 0 Å². The third-order valence-electron chi connectivity index (χ3n) is 5.13. The van der Waals surface area contributed by atoms with Gasteiger partial charge in [-0.1, -0.05) is 40.2 Å². The van der Waals surface area contributed by atoms with Crippen LogP contribution in [0.2, 0.25) is 0 Å². The Morgan fingerprint density at radius 2 is 1.90 bits per heavy atom. The number of benzene rings is 2. The molecular formula is C24H27BrN2O4. The molecule has 7 heteroatoms. The van der Waals surface area contributed by atoms with Gasteiger partial charge in [-0.15, -0.1) is 0 Å². The lowest BCUT2D eigenvalue weighted by molar-refractivity contribution is -0.139. The highest BCUT2D eigenvalue weighted by Gasteiger charge is 2.45. The number of carbonyl (C=O) groups is 2. The van der Waals surface area contributed by atoms with Crippen LogP contribution in [-0.2, 0) is 9.59 Å². The predicted octanol–water partition coefficient (Wildman–Crippen LogP) is 4.22. The summed E-state index contributed by atoms with van der Waals surface area (Å²) in [5.41, 5.74) is 1.31. The molecule has 1 N–H and O–H groups in total. The summed E-state index contributed by atoms with van der Waals surface area (Å²) in [6.45, 7) is 3.55. The molecule has 1 unspecified atom stereocenters.